The largest absolute Gasteiger partial charge is 0.269 e. The highest BCUT2D eigenvalue weighted by Crippen LogP contribution is 2.17. The van der Waals surface area contributed by atoms with Crippen LogP contribution in [0.4, 0.5) is 0 Å². The average molecular weight is 264 g/mol. The summed E-state index contributed by atoms with van der Waals surface area (Å²) in [7, 11) is 0. The number of amides is 1. The van der Waals surface area contributed by atoms with Crippen molar-refractivity contribution >= 4 is 21.8 Å². The van der Waals surface area contributed by atoms with Crippen LogP contribution < -0.4 is 0 Å². The fourth-order valence-electron chi connectivity index (χ4n) is 1.09. The van der Waals surface area contributed by atoms with Crippen molar-refractivity contribution in [3.63, 3.8) is 0 Å². The number of halogens is 1. The standard InChI is InChI=1S/C12H10BrNO/c1-3-12(15)14(4-2)9-10-7-5-6-8-11(10)13/h2-3,5-8H,1,9H2. The van der Waals surface area contributed by atoms with Crippen LogP contribution in [0.5, 0.6) is 0 Å². The molecule has 1 aromatic carbocycles. The van der Waals surface area contributed by atoms with Gasteiger partial charge in [0.15, 0.2) is 0 Å². The number of hydrogen-bond acceptors (Lipinski definition) is 1. The van der Waals surface area contributed by atoms with E-state index in [2.05, 4.69) is 28.6 Å². The van der Waals surface area contributed by atoms with E-state index in [9.17, 15) is 4.79 Å². The van der Waals surface area contributed by atoms with Crippen molar-refractivity contribution < 1.29 is 4.79 Å². The van der Waals surface area contributed by atoms with Gasteiger partial charge in [-0.2, -0.15) is 0 Å². The third kappa shape index (κ3) is 2.97. The highest BCUT2D eigenvalue weighted by Gasteiger charge is 2.09. The Morgan fingerprint density at radius 2 is 2.27 bits per heavy atom. The van der Waals surface area contributed by atoms with E-state index in [1.165, 1.54) is 11.0 Å². The van der Waals surface area contributed by atoms with Gasteiger partial charge in [-0.3, -0.25) is 9.69 Å². The van der Waals surface area contributed by atoms with Gasteiger partial charge in [-0.25, -0.2) is 0 Å². The van der Waals surface area contributed by atoms with Crippen LogP contribution >= 0.6 is 15.9 Å². The molecule has 0 saturated heterocycles. The van der Waals surface area contributed by atoms with Crippen LogP contribution in [0, 0.1) is 12.5 Å². The summed E-state index contributed by atoms with van der Waals surface area (Å²) in [5.74, 6) is -0.270. The summed E-state index contributed by atoms with van der Waals surface area (Å²) in [6.07, 6.45) is 6.44. The number of rotatable bonds is 3. The van der Waals surface area contributed by atoms with E-state index >= 15 is 0 Å². The molecule has 0 aromatic heterocycles. The molecule has 2 nitrogen and oxygen atoms in total. The van der Waals surface area contributed by atoms with E-state index in [1.54, 1.807) is 0 Å². The normalized spacial score (nSPS) is 9.07. The van der Waals surface area contributed by atoms with Gasteiger partial charge in [0, 0.05) is 10.5 Å². The molecule has 0 spiro atoms. The summed E-state index contributed by atoms with van der Waals surface area (Å²) >= 11 is 3.39. The molecule has 0 unspecified atom stereocenters. The van der Waals surface area contributed by atoms with E-state index in [-0.39, 0.29) is 5.91 Å². The molecule has 1 amide bonds. The molecule has 0 aliphatic rings. The van der Waals surface area contributed by atoms with Crippen molar-refractivity contribution in [1.82, 2.24) is 4.90 Å². The van der Waals surface area contributed by atoms with Gasteiger partial charge in [-0.05, 0) is 17.7 Å². The quantitative estimate of drug-likeness (QED) is 0.466. The Hall–Kier alpha value is -1.53. The molecular weight excluding hydrogens is 254 g/mol. The van der Waals surface area contributed by atoms with Crippen LogP contribution in [0.2, 0.25) is 0 Å². The zero-order valence-electron chi connectivity index (χ0n) is 8.11. The van der Waals surface area contributed by atoms with Crippen molar-refractivity contribution in [2.75, 3.05) is 0 Å². The second kappa shape index (κ2) is 5.38. The highest BCUT2D eigenvalue weighted by atomic mass is 79.9. The highest BCUT2D eigenvalue weighted by molar-refractivity contribution is 9.10. The van der Waals surface area contributed by atoms with Crippen molar-refractivity contribution in [2.45, 2.75) is 6.54 Å². The molecule has 0 fully saturated rings. The van der Waals surface area contributed by atoms with Gasteiger partial charge in [-0.1, -0.05) is 47.1 Å². The Bertz CT molecular complexity index is 420. The zero-order valence-corrected chi connectivity index (χ0v) is 9.70. The molecule has 0 radical (unpaired) electrons. The van der Waals surface area contributed by atoms with Gasteiger partial charge in [0.25, 0.3) is 5.91 Å². The lowest BCUT2D eigenvalue weighted by atomic mass is 10.2. The summed E-state index contributed by atoms with van der Waals surface area (Å²) in [6, 6.07) is 9.93. The first-order valence-corrected chi connectivity index (χ1v) is 5.12. The van der Waals surface area contributed by atoms with Crippen LogP contribution in [-0.4, -0.2) is 10.8 Å². The topological polar surface area (TPSA) is 20.3 Å². The smallest absolute Gasteiger partial charge is 0.257 e. The van der Waals surface area contributed by atoms with Crippen molar-refractivity contribution in [3.8, 4) is 12.5 Å². The molecule has 15 heavy (non-hydrogen) atoms. The molecule has 0 aliphatic carbocycles. The van der Waals surface area contributed by atoms with Gasteiger partial charge in [0.2, 0.25) is 0 Å². The maximum absolute atomic E-state index is 11.3. The Labute approximate surface area is 97.7 Å². The Morgan fingerprint density at radius 1 is 1.60 bits per heavy atom. The van der Waals surface area contributed by atoms with Crippen LogP contribution in [0.15, 0.2) is 41.4 Å². The monoisotopic (exact) mass is 263 g/mol. The third-order valence-electron chi connectivity index (χ3n) is 1.88. The summed E-state index contributed by atoms with van der Waals surface area (Å²) in [5, 5.41) is 0. The first-order valence-electron chi connectivity index (χ1n) is 4.32. The molecule has 0 aliphatic heterocycles. The van der Waals surface area contributed by atoms with E-state index in [0.29, 0.717) is 6.54 Å². The fraction of sp³-hybridized carbons (Fsp3) is 0.0833. The fourth-order valence-corrected chi connectivity index (χ4v) is 1.50. The van der Waals surface area contributed by atoms with Crippen LogP contribution in [0.25, 0.3) is 0 Å². The predicted molar refractivity (Wildman–Crippen MR) is 63.7 cm³/mol. The van der Waals surface area contributed by atoms with Crippen LogP contribution in [0.3, 0.4) is 0 Å². The summed E-state index contributed by atoms with van der Waals surface area (Å²) in [5.41, 5.74) is 0.964. The first-order chi connectivity index (χ1) is 7.19. The van der Waals surface area contributed by atoms with E-state index in [1.807, 2.05) is 24.3 Å². The lowest BCUT2D eigenvalue weighted by Gasteiger charge is -2.14. The molecule has 1 aromatic rings. The summed E-state index contributed by atoms with van der Waals surface area (Å²) in [4.78, 5) is 12.6. The number of nitrogens with zero attached hydrogens (tertiary/aromatic N) is 1. The minimum absolute atomic E-state index is 0.270. The second-order valence-electron chi connectivity index (χ2n) is 2.85. The predicted octanol–water partition coefficient (Wildman–Crippen LogP) is 2.55. The third-order valence-corrected chi connectivity index (χ3v) is 2.66. The Morgan fingerprint density at radius 3 is 2.80 bits per heavy atom. The van der Waals surface area contributed by atoms with Gasteiger partial charge >= 0.3 is 0 Å². The van der Waals surface area contributed by atoms with Crippen LogP contribution in [0.1, 0.15) is 5.56 Å². The summed E-state index contributed by atoms with van der Waals surface area (Å²) < 4.78 is 0.933. The molecule has 3 heteroatoms. The number of terminal acetylenes is 1. The first kappa shape index (κ1) is 11.5. The minimum atomic E-state index is -0.270. The lowest BCUT2D eigenvalue weighted by molar-refractivity contribution is -0.123. The molecule has 1 rings (SSSR count). The maximum Gasteiger partial charge on any atom is 0.257 e. The molecular formula is C12H10BrNO. The number of carbonyl (C=O) groups is 1. The van der Waals surface area contributed by atoms with Crippen molar-refractivity contribution in [1.29, 1.82) is 0 Å². The van der Waals surface area contributed by atoms with E-state index in [0.717, 1.165) is 10.0 Å². The molecule has 0 heterocycles. The van der Waals surface area contributed by atoms with E-state index in [4.69, 9.17) is 6.42 Å². The number of carbonyl (C=O) groups excluding carboxylic acids is 1. The van der Waals surface area contributed by atoms with Crippen molar-refractivity contribution in [2.24, 2.45) is 0 Å². The SMILES string of the molecule is C#CN(Cc1ccccc1Br)C(=O)C=C. The van der Waals surface area contributed by atoms with Gasteiger partial charge in [0.1, 0.15) is 0 Å². The van der Waals surface area contributed by atoms with Crippen molar-refractivity contribution in [3.05, 3.63) is 47.0 Å². The zero-order chi connectivity index (χ0) is 11.3. The molecule has 0 atom stereocenters. The molecule has 0 N–H and O–H groups in total. The maximum atomic E-state index is 11.3. The Kier molecular flexibility index (Phi) is 4.14. The molecule has 0 saturated carbocycles. The minimum Gasteiger partial charge on any atom is -0.269 e. The Balaban J connectivity index is 2.86. The lowest BCUT2D eigenvalue weighted by Crippen LogP contribution is -2.23. The number of hydrogen-bond donors (Lipinski definition) is 0. The second-order valence-corrected chi connectivity index (χ2v) is 3.70. The average Bonchev–Trinajstić information content (AvgIpc) is 2.27. The van der Waals surface area contributed by atoms with Gasteiger partial charge in [-0.15, -0.1) is 0 Å². The van der Waals surface area contributed by atoms with Gasteiger partial charge < -0.3 is 0 Å². The van der Waals surface area contributed by atoms with Gasteiger partial charge in [0.05, 0.1) is 6.54 Å². The molecule has 0 bridgehead atoms. The summed E-state index contributed by atoms with van der Waals surface area (Å²) in [6.45, 7) is 3.77. The molecule has 76 valence electrons. The van der Waals surface area contributed by atoms with E-state index < -0.39 is 0 Å². The number of benzene rings is 1. The van der Waals surface area contributed by atoms with Crippen LogP contribution in [-0.2, 0) is 11.3 Å².